The van der Waals surface area contributed by atoms with Crippen molar-refractivity contribution in [2.75, 3.05) is 0 Å². The molecule has 15 heteroatoms. The summed E-state index contributed by atoms with van der Waals surface area (Å²) in [6, 6.07) is 0. The second-order valence-corrected chi connectivity index (χ2v) is 7.98. The Morgan fingerprint density at radius 3 is 1.17 bits per heavy atom. The molecule has 0 atom stereocenters. The van der Waals surface area contributed by atoms with E-state index in [9.17, 15) is 43.2 Å². The van der Waals surface area contributed by atoms with E-state index in [0.717, 1.165) is 0 Å². The summed E-state index contributed by atoms with van der Waals surface area (Å²) in [5, 5.41) is 0. The van der Waals surface area contributed by atoms with E-state index in [0.29, 0.717) is 6.55 Å². The number of rotatable bonds is 4. The first kappa shape index (κ1) is 17.6. The van der Waals surface area contributed by atoms with Crippen LogP contribution in [0.2, 0.25) is 6.55 Å². The van der Waals surface area contributed by atoms with Crippen LogP contribution in [-0.2, 0) is 28.0 Å². The van der Waals surface area contributed by atoms with E-state index < -0.39 is 40.5 Å². The zero-order valence-electron chi connectivity index (χ0n) is 8.11. The molecule has 0 heterocycles. The van der Waals surface area contributed by atoms with Crippen molar-refractivity contribution in [2.45, 2.75) is 17.6 Å². The fourth-order valence-electron chi connectivity index (χ4n) is 0.482. The molecule has 18 heavy (non-hydrogen) atoms. The third-order valence-corrected chi connectivity index (χ3v) is 6.42. The second kappa shape index (κ2) is 4.95. The van der Waals surface area contributed by atoms with E-state index in [-0.39, 0.29) is 0 Å². The lowest BCUT2D eigenvalue weighted by Gasteiger charge is -2.14. The Kier molecular flexibility index (Phi) is 4.84. The minimum absolute atomic E-state index is 0.368. The number of hydrogen-bond acceptors (Lipinski definition) is 6. The summed E-state index contributed by atoms with van der Waals surface area (Å²) in [4.78, 5) is 0. The van der Waals surface area contributed by atoms with E-state index in [1.54, 1.807) is 0 Å². The van der Waals surface area contributed by atoms with E-state index in [4.69, 9.17) is 0 Å². The van der Waals surface area contributed by atoms with Gasteiger partial charge in [0.15, 0.2) is 0 Å². The second-order valence-electron chi connectivity index (χ2n) is 2.56. The standard InChI is InChI=1S/C3H4F6O6S2Si/c1-18(14-16(10,11)2(4,5)6)15-17(12,13)3(7,8)9/h18H,1H3. The predicted octanol–water partition coefficient (Wildman–Crippen LogP) is 0.569. The van der Waals surface area contributed by atoms with Crippen LogP contribution in [0.4, 0.5) is 26.3 Å². The van der Waals surface area contributed by atoms with Crippen molar-refractivity contribution in [2.24, 2.45) is 0 Å². The van der Waals surface area contributed by atoms with Crippen LogP contribution in [0.5, 0.6) is 0 Å². The van der Waals surface area contributed by atoms with Gasteiger partial charge in [0.2, 0.25) is 0 Å². The lowest BCUT2D eigenvalue weighted by atomic mass is 11.6. The van der Waals surface area contributed by atoms with Gasteiger partial charge in [-0.05, 0) is 6.55 Å². The molecule has 0 spiro atoms. The molecule has 0 aliphatic heterocycles. The fraction of sp³-hybridized carbons (Fsp3) is 1.00. The van der Waals surface area contributed by atoms with Gasteiger partial charge >= 0.3 is 40.5 Å². The van der Waals surface area contributed by atoms with E-state index in [1.807, 2.05) is 0 Å². The maximum absolute atomic E-state index is 11.7. The molecule has 0 aliphatic carbocycles. The molecule has 0 saturated heterocycles. The quantitative estimate of drug-likeness (QED) is 0.422. The highest BCUT2D eigenvalue weighted by molar-refractivity contribution is 7.89. The van der Waals surface area contributed by atoms with Crippen LogP contribution in [0.25, 0.3) is 0 Å². The molecule has 0 saturated carbocycles. The number of halogens is 6. The summed E-state index contributed by atoms with van der Waals surface area (Å²) in [5.41, 5.74) is -11.8. The Hall–Kier alpha value is -0.383. The minimum atomic E-state index is -6.21. The molecule has 0 bridgehead atoms. The molecule has 0 fully saturated rings. The molecule has 0 amide bonds. The topological polar surface area (TPSA) is 86.7 Å². The van der Waals surface area contributed by atoms with Gasteiger partial charge in [-0.3, -0.25) is 7.74 Å². The molecule has 110 valence electrons. The van der Waals surface area contributed by atoms with Crippen LogP contribution in [0, 0.1) is 0 Å². The van der Waals surface area contributed by atoms with Crippen molar-refractivity contribution in [1.29, 1.82) is 0 Å². The lowest BCUT2D eigenvalue weighted by molar-refractivity contribution is -0.0524. The Morgan fingerprint density at radius 2 is 1.00 bits per heavy atom. The van der Waals surface area contributed by atoms with Gasteiger partial charge in [-0.15, -0.1) is 0 Å². The normalized spacial score (nSPS) is 15.1. The van der Waals surface area contributed by atoms with Crippen molar-refractivity contribution in [3.8, 4) is 0 Å². The lowest BCUT2D eigenvalue weighted by Crippen LogP contribution is -2.37. The van der Waals surface area contributed by atoms with Gasteiger partial charge in [-0.1, -0.05) is 0 Å². The first-order valence-corrected chi connectivity index (χ1v) is 8.50. The summed E-state index contributed by atoms with van der Waals surface area (Å²) in [6.45, 7) is 0.368. The number of hydrogen-bond donors (Lipinski definition) is 0. The largest absolute Gasteiger partial charge is 0.522 e. The van der Waals surface area contributed by atoms with Crippen LogP contribution in [0.3, 0.4) is 0 Å². The van der Waals surface area contributed by atoms with Gasteiger partial charge in [-0.2, -0.15) is 43.2 Å². The molecule has 0 aliphatic rings. The summed E-state index contributed by atoms with van der Waals surface area (Å²) < 4.78 is 118. The maximum atomic E-state index is 11.7. The molecule has 0 rings (SSSR count). The van der Waals surface area contributed by atoms with Gasteiger partial charge in [0.25, 0.3) is 0 Å². The monoisotopic (exact) mass is 342 g/mol. The van der Waals surface area contributed by atoms with Gasteiger partial charge in [-0.25, -0.2) is 0 Å². The van der Waals surface area contributed by atoms with Crippen molar-refractivity contribution in [1.82, 2.24) is 0 Å². The van der Waals surface area contributed by atoms with Crippen LogP contribution in [-0.4, -0.2) is 37.1 Å². The van der Waals surface area contributed by atoms with Crippen LogP contribution in [0.1, 0.15) is 0 Å². The van der Waals surface area contributed by atoms with Crippen molar-refractivity contribution in [3.05, 3.63) is 0 Å². The molecule has 0 aromatic heterocycles. The van der Waals surface area contributed by atoms with Gasteiger partial charge in [0, 0.05) is 0 Å². The van der Waals surface area contributed by atoms with E-state index in [1.165, 1.54) is 0 Å². The van der Waals surface area contributed by atoms with Crippen molar-refractivity contribution >= 4 is 29.5 Å². The molecular weight excluding hydrogens is 338 g/mol. The maximum Gasteiger partial charge on any atom is 0.522 e. The molecule has 0 radical (unpaired) electrons. The number of alkyl halides is 6. The first-order valence-electron chi connectivity index (χ1n) is 3.59. The molecular formula is C3H4F6O6S2Si. The SMILES string of the molecule is C[SiH](OS(=O)(=O)C(F)(F)F)OS(=O)(=O)C(F)(F)F. The molecule has 0 unspecified atom stereocenters. The predicted molar refractivity (Wildman–Crippen MR) is 45.1 cm³/mol. The Bertz CT molecular complexity index is 442. The summed E-state index contributed by atoms with van der Waals surface area (Å²) in [6.07, 6.45) is 0. The average Bonchev–Trinajstić information content (AvgIpc) is 1.95. The minimum Gasteiger partial charge on any atom is -0.280 e. The molecule has 0 aromatic carbocycles. The van der Waals surface area contributed by atoms with Gasteiger partial charge in [0.05, 0.1) is 0 Å². The van der Waals surface area contributed by atoms with E-state index in [2.05, 4.69) is 7.74 Å². The third kappa shape index (κ3) is 4.37. The van der Waals surface area contributed by atoms with Crippen LogP contribution in [0.15, 0.2) is 0 Å². The van der Waals surface area contributed by atoms with Gasteiger partial charge < -0.3 is 0 Å². The zero-order valence-corrected chi connectivity index (χ0v) is 10.9. The highest BCUT2D eigenvalue weighted by Crippen LogP contribution is 2.28. The first-order chi connectivity index (χ1) is 7.60. The van der Waals surface area contributed by atoms with E-state index >= 15 is 0 Å². The Labute approximate surface area is 98.6 Å². The smallest absolute Gasteiger partial charge is 0.280 e. The zero-order chi connectivity index (χ0) is 15.0. The molecule has 0 aromatic rings. The van der Waals surface area contributed by atoms with Crippen LogP contribution >= 0.6 is 0 Å². The molecule has 0 N–H and O–H groups in total. The third-order valence-electron chi connectivity index (χ3n) is 1.09. The summed E-state index contributed by atoms with van der Waals surface area (Å²) in [5.74, 6) is 0. The van der Waals surface area contributed by atoms with Crippen LogP contribution < -0.4 is 0 Å². The summed E-state index contributed by atoms with van der Waals surface area (Å²) in [7, 11) is -16.7. The van der Waals surface area contributed by atoms with Gasteiger partial charge in [0.1, 0.15) is 0 Å². The molecule has 6 nitrogen and oxygen atoms in total. The van der Waals surface area contributed by atoms with Crippen molar-refractivity contribution < 1.29 is 50.9 Å². The highest BCUT2D eigenvalue weighted by atomic mass is 32.2. The Morgan fingerprint density at radius 1 is 0.778 bits per heavy atom. The average molecular weight is 342 g/mol. The van der Waals surface area contributed by atoms with Crippen molar-refractivity contribution in [3.63, 3.8) is 0 Å². The Balaban J connectivity index is 4.92. The fourth-order valence-corrected chi connectivity index (χ4v) is 4.63. The summed E-state index contributed by atoms with van der Waals surface area (Å²) >= 11 is 0. The highest BCUT2D eigenvalue weighted by Gasteiger charge is 2.52.